The predicted octanol–water partition coefficient (Wildman–Crippen LogP) is -4.21. The minimum atomic E-state index is -4.31. The van der Waals surface area contributed by atoms with Gasteiger partial charge < -0.3 is 20.6 Å². The van der Waals surface area contributed by atoms with E-state index in [-0.39, 0.29) is 51.8 Å². The Balaban J connectivity index is -0.000000480. The van der Waals surface area contributed by atoms with Crippen molar-refractivity contribution in [2.24, 2.45) is 0 Å². The van der Waals surface area contributed by atoms with E-state index in [1.54, 1.807) is 12.1 Å². The number of para-hydroxylation sites is 1. The quantitative estimate of drug-likeness (QED) is 0.417. The van der Waals surface area contributed by atoms with Gasteiger partial charge in [0.2, 0.25) is 0 Å². The van der Waals surface area contributed by atoms with Gasteiger partial charge in [-0.05, 0) is 6.07 Å². The van der Waals surface area contributed by atoms with Gasteiger partial charge in [-0.3, -0.25) is 0 Å². The molecule has 0 unspecified atom stereocenters. The van der Waals surface area contributed by atoms with Crippen LogP contribution in [0.3, 0.4) is 0 Å². The van der Waals surface area contributed by atoms with Gasteiger partial charge in [-0.1, -0.05) is 18.2 Å². The molecule has 1 aromatic rings. The number of aromatic hydroxyl groups is 1. The van der Waals surface area contributed by atoms with Gasteiger partial charge in [0.15, 0.2) is 0 Å². The molecule has 0 atom stereocenters. The third kappa shape index (κ3) is 7.74. The maximum Gasteiger partial charge on any atom is 1.00 e. The van der Waals surface area contributed by atoms with E-state index in [9.17, 15) is 13.0 Å². The van der Waals surface area contributed by atoms with E-state index >= 15 is 0 Å². The van der Waals surface area contributed by atoms with Crippen molar-refractivity contribution in [3.63, 3.8) is 0 Å². The van der Waals surface area contributed by atoms with Gasteiger partial charge in [0.05, 0.1) is 15.9 Å². The third-order valence-corrected chi connectivity index (χ3v) is 1.99. The molecule has 82 valence electrons. The standard InChI is InChI=1S/C7H8O4S.Na.2H2O/c8-7-4-2-1-3-6(7)5-12(9,10)11;;;/h1-4,8H,5H2,(H,9,10,11);;2*1H2/q;+1;;/p-1. The maximum atomic E-state index is 10.3. The van der Waals surface area contributed by atoms with Crippen molar-refractivity contribution in [3.05, 3.63) is 29.8 Å². The molecule has 0 fully saturated rings. The first-order valence-corrected chi connectivity index (χ1v) is 4.77. The summed E-state index contributed by atoms with van der Waals surface area (Å²) in [5.41, 5.74) is 0.132. The van der Waals surface area contributed by atoms with E-state index in [4.69, 9.17) is 5.11 Å². The summed E-state index contributed by atoms with van der Waals surface area (Å²) in [4.78, 5) is 0. The van der Waals surface area contributed by atoms with E-state index in [0.717, 1.165) is 0 Å². The molecule has 0 bridgehead atoms. The van der Waals surface area contributed by atoms with Crippen LogP contribution in [0.1, 0.15) is 5.56 Å². The van der Waals surface area contributed by atoms with Gasteiger partial charge in [-0.2, -0.15) is 0 Å². The van der Waals surface area contributed by atoms with Crippen LogP contribution in [0.4, 0.5) is 0 Å². The monoisotopic (exact) mass is 246 g/mol. The van der Waals surface area contributed by atoms with Crippen LogP contribution < -0.4 is 29.6 Å². The molecule has 0 aliphatic carbocycles. The van der Waals surface area contributed by atoms with Crippen LogP contribution in [-0.4, -0.2) is 29.0 Å². The Hall–Kier alpha value is -0.150. The number of phenols is 1. The van der Waals surface area contributed by atoms with E-state index in [1.165, 1.54) is 12.1 Å². The third-order valence-electron chi connectivity index (χ3n) is 1.32. The summed E-state index contributed by atoms with van der Waals surface area (Å²) in [5, 5.41) is 9.07. The molecule has 0 aliphatic rings. The molecular weight excluding hydrogens is 235 g/mol. The van der Waals surface area contributed by atoms with E-state index < -0.39 is 15.9 Å². The smallest absolute Gasteiger partial charge is 0.748 e. The average molecular weight is 246 g/mol. The maximum absolute atomic E-state index is 10.3. The first-order valence-electron chi connectivity index (χ1n) is 3.19. The molecule has 0 radical (unpaired) electrons. The number of hydrogen-bond donors (Lipinski definition) is 1. The Morgan fingerprint density at radius 2 is 1.67 bits per heavy atom. The molecule has 5 N–H and O–H groups in total. The first-order chi connectivity index (χ1) is 5.49. The number of phenolic OH excluding ortho intramolecular Hbond substituents is 1. The molecule has 0 spiro atoms. The second kappa shape index (κ2) is 8.05. The molecule has 0 saturated carbocycles. The SMILES string of the molecule is O.O.O=S(=O)([O-])Cc1ccccc1O.[Na+]. The fourth-order valence-corrected chi connectivity index (χ4v) is 1.45. The molecule has 0 aliphatic heterocycles. The van der Waals surface area contributed by atoms with Crippen LogP contribution in [0.2, 0.25) is 0 Å². The van der Waals surface area contributed by atoms with Crippen molar-refractivity contribution < 1.29 is 58.6 Å². The summed E-state index contributed by atoms with van der Waals surface area (Å²) in [6, 6.07) is 5.84. The van der Waals surface area contributed by atoms with Crippen molar-refractivity contribution in [2.45, 2.75) is 5.75 Å². The van der Waals surface area contributed by atoms with E-state index in [0.29, 0.717) is 0 Å². The zero-order valence-corrected chi connectivity index (χ0v) is 10.9. The Morgan fingerprint density at radius 1 is 1.20 bits per heavy atom. The summed E-state index contributed by atoms with van der Waals surface area (Å²) in [6.45, 7) is 0. The zero-order valence-electron chi connectivity index (χ0n) is 8.10. The van der Waals surface area contributed by atoms with Gasteiger partial charge in [-0.15, -0.1) is 0 Å². The van der Waals surface area contributed by atoms with Crippen molar-refractivity contribution in [3.8, 4) is 5.75 Å². The van der Waals surface area contributed by atoms with Gasteiger partial charge in [0, 0.05) is 5.56 Å². The summed E-state index contributed by atoms with van der Waals surface area (Å²) >= 11 is 0. The normalized spacial score (nSPS) is 9.13. The van der Waals surface area contributed by atoms with Gasteiger partial charge >= 0.3 is 29.6 Å². The summed E-state index contributed by atoms with van der Waals surface area (Å²) in [7, 11) is -4.31. The molecule has 1 rings (SSSR count). The minimum Gasteiger partial charge on any atom is -0.748 e. The molecule has 0 heterocycles. The van der Waals surface area contributed by atoms with Crippen molar-refractivity contribution >= 4 is 10.1 Å². The van der Waals surface area contributed by atoms with E-state index in [1.807, 2.05) is 0 Å². The average Bonchev–Trinajstić information content (AvgIpc) is 1.91. The molecule has 15 heavy (non-hydrogen) atoms. The van der Waals surface area contributed by atoms with Crippen LogP contribution in [-0.2, 0) is 15.9 Å². The Morgan fingerprint density at radius 3 is 2.07 bits per heavy atom. The Kier molecular flexibility index (Phi) is 10.9. The molecule has 0 saturated heterocycles. The molecule has 8 heteroatoms. The Labute approximate surface area is 110 Å². The minimum absolute atomic E-state index is 0. The second-order valence-electron chi connectivity index (χ2n) is 2.33. The largest absolute Gasteiger partial charge is 1.00 e. The zero-order chi connectivity index (χ0) is 9.19. The molecule has 0 amide bonds. The first kappa shape index (κ1) is 20.3. The second-order valence-corrected chi connectivity index (χ2v) is 3.73. The van der Waals surface area contributed by atoms with Crippen LogP contribution in [0, 0.1) is 0 Å². The fourth-order valence-electron chi connectivity index (χ4n) is 0.823. The fraction of sp³-hybridized carbons (Fsp3) is 0.143. The summed E-state index contributed by atoms with van der Waals surface area (Å²) in [6.07, 6.45) is 0. The van der Waals surface area contributed by atoms with Crippen LogP contribution in [0.25, 0.3) is 0 Å². The van der Waals surface area contributed by atoms with Crippen LogP contribution in [0.5, 0.6) is 5.75 Å². The molecule has 6 nitrogen and oxygen atoms in total. The van der Waals surface area contributed by atoms with Crippen molar-refractivity contribution in [1.82, 2.24) is 0 Å². The molecular formula is C7H11NaO6S. The number of hydrogen-bond acceptors (Lipinski definition) is 4. The van der Waals surface area contributed by atoms with Crippen LogP contribution in [0.15, 0.2) is 24.3 Å². The topological polar surface area (TPSA) is 140 Å². The van der Waals surface area contributed by atoms with Gasteiger partial charge in [0.1, 0.15) is 5.75 Å². The van der Waals surface area contributed by atoms with Crippen molar-refractivity contribution in [1.29, 1.82) is 0 Å². The van der Waals surface area contributed by atoms with Gasteiger partial charge in [0.25, 0.3) is 0 Å². The Bertz CT molecular complexity index is 377. The molecule has 0 aromatic heterocycles. The van der Waals surface area contributed by atoms with E-state index in [2.05, 4.69) is 0 Å². The molecule has 1 aromatic carbocycles. The summed E-state index contributed by atoms with van der Waals surface area (Å²) in [5.74, 6) is -0.837. The van der Waals surface area contributed by atoms with Gasteiger partial charge in [-0.25, -0.2) is 8.42 Å². The predicted molar refractivity (Wildman–Crippen MR) is 48.7 cm³/mol. The number of rotatable bonds is 2. The summed E-state index contributed by atoms with van der Waals surface area (Å²) < 4.78 is 30.9. The van der Waals surface area contributed by atoms with Crippen LogP contribution >= 0.6 is 0 Å². The van der Waals surface area contributed by atoms with Crippen molar-refractivity contribution in [2.75, 3.05) is 0 Å². The number of benzene rings is 1.